The van der Waals surface area contributed by atoms with Crippen LogP contribution in [0.5, 0.6) is 0 Å². The van der Waals surface area contributed by atoms with Crippen LogP contribution in [0.25, 0.3) is 28.6 Å². The summed E-state index contributed by atoms with van der Waals surface area (Å²) >= 11 is 0. The van der Waals surface area contributed by atoms with E-state index in [0.29, 0.717) is 12.4 Å². The largest absolute Gasteiger partial charge is 0.348 e. The number of Topliss-reactive ketones (excluding diaryl/α,β-unsaturated/α-hetero) is 1. The number of carbonyl (C=O) groups is 1. The molecule has 4 rings (SSSR count). The highest BCUT2D eigenvalue weighted by atomic mass is 19.1. The van der Waals surface area contributed by atoms with Crippen LogP contribution in [-0.4, -0.2) is 26.5 Å². The molecule has 5 heteroatoms. The summed E-state index contributed by atoms with van der Waals surface area (Å²) < 4.78 is 15.7. The first-order valence-electron chi connectivity index (χ1n) is 10.5. The van der Waals surface area contributed by atoms with E-state index >= 15 is 0 Å². The number of hydrogen-bond donors (Lipinski definition) is 0. The van der Waals surface area contributed by atoms with Crippen LogP contribution in [0.2, 0.25) is 0 Å². The van der Waals surface area contributed by atoms with E-state index in [9.17, 15) is 9.18 Å². The lowest BCUT2D eigenvalue weighted by atomic mass is 9.97. The van der Waals surface area contributed by atoms with E-state index in [-0.39, 0.29) is 12.2 Å². The summed E-state index contributed by atoms with van der Waals surface area (Å²) in [4.78, 5) is 20.8. The molecule has 2 aliphatic heterocycles. The second kappa shape index (κ2) is 9.52. The van der Waals surface area contributed by atoms with Crippen molar-refractivity contribution in [1.29, 1.82) is 0 Å². The number of fused-ring (bicyclic) bond motifs is 1. The Morgan fingerprint density at radius 3 is 2.59 bits per heavy atom. The summed E-state index contributed by atoms with van der Waals surface area (Å²) in [5.74, 6) is 0.555. The maximum atomic E-state index is 13.6. The minimum Gasteiger partial charge on any atom is -0.348 e. The van der Waals surface area contributed by atoms with E-state index in [1.165, 1.54) is 6.08 Å². The molecule has 2 heterocycles. The Balaban J connectivity index is 1.51. The smallest absolute Gasteiger partial charge is 0.160 e. The molecule has 1 atom stereocenters. The fourth-order valence-electron chi connectivity index (χ4n) is 3.61. The standard InChI is InChI=1S/C27H24FN3O/c1-3-6-22(28)13-14-27-29-25-15-16-31(18-26(25)30-27)17-20-9-11-21(12-10-20)24-8-5-4-7-23(24)19(2)32/h3-5,7-16,18,22H,1,6,17H2,2H3/b14-13+. The van der Waals surface area contributed by atoms with Gasteiger partial charge in [-0.3, -0.25) is 4.79 Å². The van der Waals surface area contributed by atoms with Gasteiger partial charge in [0.15, 0.2) is 11.6 Å². The van der Waals surface area contributed by atoms with Crippen LogP contribution < -0.4 is 0 Å². The molecular formula is C27H24FN3O. The van der Waals surface area contributed by atoms with Crippen molar-refractivity contribution in [3.8, 4) is 22.5 Å². The third-order valence-electron chi connectivity index (χ3n) is 5.23. The minimum absolute atomic E-state index is 0.0568. The van der Waals surface area contributed by atoms with Crippen molar-refractivity contribution in [1.82, 2.24) is 14.5 Å². The van der Waals surface area contributed by atoms with Crippen molar-refractivity contribution in [2.75, 3.05) is 0 Å². The number of pyridine rings is 1. The molecule has 0 aliphatic carbocycles. The molecule has 0 bridgehead atoms. The second-order valence-corrected chi connectivity index (χ2v) is 7.67. The lowest BCUT2D eigenvalue weighted by molar-refractivity contribution is 0.101. The predicted octanol–water partition coefficient (Wildman–Crippen LogP) is 6.23. The number of imidazole rings is 1. The zero-order valence-corrected chi connectivity index (χ0v) is 17.9. The van der Waals surface area contributed by atoms with Gasteiger partial charge in [-0.15, -0.1) is 6.58 Å². The number of benzene rings is 2. The fraction of sp³-hybridized carbons (Fsp3) is 0.148. The van der Waals surface area contributed by atoms with Gasteiger partial charge in [0.05, 0.1) is 5.69 Å². The van der Waals surface area contributed by atoms with Crippen LogP contribution in [0.3, 0.4) is 0 Å². The van der Waals surface area contributed by atoms with Gasteiger partial charge in [-0.25, -0.2) is 14.4 Å². The Kier molecular flexibility index (Phi) is 6.36. The maximum Gasteiger partial charge on any atom is 0.160 e. The maximum absolute atomic E-state index is 13.6. The van der Waals surface area contributed by atoms with Crippen molar-refractivity contribution in [2.45, 2.75) is 26.1 Å². The van der Waals surface area contributed by atoms with Gasteiger partial charge in [0.2, 0.25) is 0 Å². The molecule has 32 heavy (non-hydrogen) atoms. The third kappa shape index (κ3) is 4.89. The van der Waals surface area contributed by atoms with Crippen LogP contribution in [0.1, 0.15) is 35.1 Å². The molecule has 0 amide bonds. The molecule has 0 saturated heterocycles. The Labute approximate surface area is 187 Å². The van der Waals surface area contributed by atoms with E-state index in [1.807, 2.05) is 59.4 Å². The van der Waals surface area contributed by atoms with Crippen LogP contribution in [-0.2, 0) is 6.54 Å². The highest BCUT2D eigenvalue weighted by molar-refractivity contribution is 6.00. The normalized spacial score (nSPS) is 12.3. The van der Waals surface area contributed by atoms with Gasteiger partial charge in [0, 0.05) is 24.5 Å². The molecule has 2 aromatic carbocycles. The summed E-state index contributed by atoms with van der Waals surface area (Å²) in [6, 6.07) is 17.8. The third-order valence-corrected chi connectivity index (χ3v) is 5.23. The zero-order valence-electron chi connectivity index (χ0n) is 17.9. The van der Waals surface area contributed by atoms with E-state index in [2.05, 4.69) is 28.7 Å². The van der Waals surface area contributed by atoms with Crippen molar-refractivity contribution in [3.63, 3.8) is 0 Å². The first-order valence-corrected chi connectivity index (χ1v) is 10.5. The van der Waals surface area contributed by atoms with Crippen molar-refractivity contribution >= 4 is 11.9 Å². The number of allylic oxidation sites excluding steroid dienone is 2. The highest BCUT2D eigenvalue weighted by Crippen LogP contribution is 2.25. The van der Waals surface area contributed by atoms with Crippen molar-refractivity contribution in [2.24, 2.45) is 0 Å². The molecule has 0 aromatic heterocycles. The number of rotatable bonds is 8. The average Bonchev–Trinajstić information content (AvgIpc) is 3.21. The van der Waals surface area contributed by atoms with Gasteiger partial charge >= 0.3 is 0 Å². The zero-order chi connectivity index (χ0) is 22.5. The summed E-state index contributed by atoms with van der Waals surface area (Å²) in [5.41, 5.74) is 5.35. The number of carbonyl (C=O) groups excluding carboxylic acids is 1. The molecule has 4 nitrogen and oxygen atoms in total. The number of ketones is 1. The van der Waals surface area contributed by atoms with Gasteiger partial charge in [-0.05, 0) is 48.3 Å². The second-order valence-electron chi connectivity index (χ2n) is 7.67. The molecule has 0 N–H and O–H groups in total. The number of alkyl halides is 1. The molecule has 0 radical (unpaired) electrons. The molecule has 2 aliphatic rings. The predicted molar refractivity (Wildman–Crippen MR) is 126 cm³/mol. The molecule has 2 aromatic rings. The first kappa shape index (κ1) is 21.4. The number of halogens is 1. The quantitative estimate of drug-likeness (QED) is 0.248. The highest BCUT2D eigenvalue weighted by Gasteiger charge is 2.11. The summed E-state index contributed by atoms with van der Waals surface area (Å²) in [6.45, 7) is 5.81. The monoisotopic (exact) mass is 425 g/mol. The van der Waals surface area contributed by atoms with E-state index in [1.54, 1.807) is 19.1 Å². The minimum atomic E-state index is -1.08. The van der Waals surface area contributed by atoms with Gasteiger partial charge in [-0.1, -0.05) is 54.6 Å². The molecule has 160 valence electrons. The Morgan fingerprint density at radius 1 is 1.09 bits per heavy atom. The van der Waals surface area contributed by atoms with Crippen LogP contribution >= 0.6 is 0 Å². The molecule has 0 saturated carbocycles. The van der Waals surface area contributed by atoms with Crippen LogP contribution in [0.4, 0.5) is 4.39 Å². The van der Waals surface area contributed by atoms with E-state index in [4.69, 9.17) is 0 Å². The summed E-state index contributed by atoms with van der Waals surface area (Å²) in [7, 11) is 0. The van der Waals surface area contributed by atoms with Gasteiger partial charge in [-0.2, -0.15) is 0 Å². The fourth-order valence-corrected chi connectivity index (χ4v) is 3.61. The summed E-state index contributed by atoms with van der Waals surface area (Å²) in [6.07, 6.45) is 7.70. The SMILES string of the molecule is C=CCC(F)/C=C/c1nc2ccn(Cc3ccc(-c4ccccc4C(C)=O)cc3)cc-2n1. The van der Waals surface area contributed by atoms with E-state index in [0.717, 1.165) is 33.6 Å². The number of hydrogen-bond acceptors (Lipinski definition) is 3. The summed E-state index contributed by atoms with van der Waals surface area (Å²) in [5, 5.41) is 0. The number of nitrogens with zero attached hydrogens (tertiary/aromatic N) is 3. The lowest BCUT2D eigenvalue weighted by Crippen LogP contribution is -2.01. The van der Waals surface area contributed by atoms with Crippen molar-refractivity contribution in [3.05, 3.63) is 103 Å². The Morgan fingerprint density at radius 2 is 1.84 bits per heavy atom. The van der Waals surface area contributed by atoms with Crippen LogP contribution in [0.15, 0.2) is 85.7 Å². The first-order chi connectivity index (χ1) is 15.5. The van der Waals surface area contributed by atoms with Gasteiger partial charge in [0.25, 0.3) is 0 Å². The lowest BCUT2D eigenvalue weighted by Gasteiger charge is -2.10. The molecular weight excluding hydrogens is 401 g/mol. The van der Waals surface area contributed by atoms with Gasteiger partial charge in [0.1, 0.15) is 11.9 Å². The van der Waals surface area contributed by atoms with Crippen molar-refractivity contribution < 1.29 is 9.18 Å². The molecule has 0 spiro atoms. The Bertz CT molecular complexity index is 1240. The van der Waals surface area contributed by atoms with Crippen LogP contribution in [0, 0.1) is 0 Å². The number of aromatic nitrogens is 3. The average molecular weight is 426 g/mol. The molecule has 1 unspecified atom stereocenters. The molecule has 0 fully saturated rings. The Hall–Kier alpha value is -3.86. The van der Waals surface area contributed by atoms with Gasteiger partial charge < -0.3 is 4.57 Å². The topological polar surface area (TPSA) is 47.8 Å². The van der Waals surface area contributed by atoms with E-state index < -0.39 is 6.17 Å².